The Balaban J connectivity index is 2.40. The van der Waals surface area contributed by atoms with Crippen LogP contribution in [0.2, 0.25) is 0 Å². The summed E-state index contributed by atoms with van der Waals surface area (Å²) in [6.45, 7) is 3.77. The number of nitrogens with zero attached hydrogens (tertiary/aromatic N) is 4. The van der Waals surface area contributed by atoms with Gasteiger partial charge in [0.05, 0.1) is 4.92 Å². The number of benzene rings is 1. The lowest BCUT2D eigenvalue weighted by atomic mass is 10.1. The van der Waals surface area contributed by atoms with Crippen molar-refractivity contribution in [2.45, 2.75) is 0 Å². The van der Waals surface area contributed by atoms with Crippen molar-refractivity contribution < 1.29 is 9.72 Å². The van der Waals surface area contributed by atoms with Gasteiger partial charge < -0.3 is 5.32 Å². The molecule has 0 atom stereocenters. The van der Waals surface area contributed by atoms with Crippen LogP contribution in [0.4, 0.5) is 5.69 Å². The molecule has 1 aromatic heterocycles. The van der Waals surface area contributed by atoms with Gasteiger partial charge in [-0.05, 0) is 12.1 Å². The maximum atomic E-state index is 11.8. The van der Waals surface area contributed by atoms with E-state index in [0.717, 1.165) is 0 Å². The highest BCUT2D eigenvalue weighted by Gasteiger charge is 2.19. The fourth-order valence-corrected chi connectivity index (χ4v) is 1.60. The molecule has 0 spiro atoms. The third-order valence-corrected chi connectivity index (χ3v) is 2.51. The van der Waals surface area contributed by atoms with Crippen LogP contribution in [0.5, 0.6) is 0 Å². The zero-order chi connectivity index (χ0) is 14.5. The van der Waals surface area contributed by atoms with Crippen molar-refractivity contribution >= 4 is 11.6 Å². The van der Waals surface area contributed by atoms with Gasteiger partial charge in [-0.1, -0.05) is 6.08 Å². The van der Waals surface area contributed by atoms with E-state index in [1.54, 1.807) is 0 Å². The fraction of sp³-hybridized carbons (Fsp3) is 0.0833. The number of hydrogen-bond acceptors (Lipinski definition) is 5. The molecule has 102 valence electrons. The largest absolute Gasteiger partial charge is 0.349 e. The Kier molecular flexibility index (Phi) is 3.85. The van der Waals surface area contributed by atoms with Crippen LogP contribution in [-0.2, 0) is 0 Å². The van der Waals surface area contributed by atoms with Crippen LogP contribution in [0.3, 0.4) is 0 Å². The molecule has 0 aliphatic heterocycles. The minimum Gasteiger partial charge on any atom is -0.349 e. The van der Waals surface area contributed by atoms with E-state index >= 15 is 0 Å². The first-order valence-electron chi connectivity index (χ1n) is 5.66. The van der Waals surface area contributed by atoms with Crippen LogP contribution in [0.25, 0.3) is 5.69 Å². The van der Waals surface area contributed by atoms with Gasteiger partial charge in [0.1, 0.15) is 18.3 Å². The van der Waals surface area contributed by atoms with E-state index in [4.69, 9.17) is 0 Å². The highest BCUT2D eigenvalue weighted by atomic mass is 16.6. The highest BCUT2D eigenvalue weighted by molar-refractivity contribution is 5.95. The minimum absolute atomic E-state index is 0.197. The monoisotopic (exact) mass is 273 g/mol. The molecule has 0 saturated heterocycles. The quantitative estimate of drug-likeness (QED) is 0.499. The number of carbonyl (C=O) groups excluding carboxylic acids is 1. The molecule has 0 saturated carbocycles. The molecule has 0 unspecified atom stereocenters. The molecule has 0 radical (unpaired) electrons. The van der Waals surface area contributed by atoms with Gasteiger partial charge in [0, 0.05) is 18.2 Å². The highest BCUT2D eigenvalue weighted by Crippen LogP contribution is 2.23. The van der Waals surface area contributed by atoms with E-state index in [9.17, 15) is 14.9 Å². The summed E-state index contributed by atoms with van der Waals surface area (Å²) in [4.78, 5) is 26.0. The van der Waals surface area contributed by atoms with E-state index in [1.807, 2.05) is 0 Å². The fourth-order valence-electron chi connectivity index (χ4n) is 1.60. The lowest BCUT2D eigenvalue weighted by Gasteiger charge is -2.05. The van der Waals surface area contributed by atoms with Crippen molar-refractivity contribution in [2.24, 2.45) is 0 Å². The van der Waals surface area contributed by atoms with Gasteiger partial charge in [-0.3, -0.25) is 14.9 Å². The summed E-state index contributed by atoms with van der Waals surface area (Å²) < 4.78 is 1.27. The molecule has 2 rings (SSSR count). The number of carbonyl (C=O) groups is 1. The molecule has 1 amide bonds. The standard InChI is InChI=1S/C12H11N5O3/c1-2-5-14-12(18)9-3-4-10(11(6-9)17(19)20)16-8-13-7-15-16/h2-4,6-8H,1,5H2,(H,14,18). The van der Waals surface area contributed by atoms with Gasteiger partial charge in [-0.15, -0.1) is 6.58 Å². The molecule has 1 aromatic carbocycles. The summed E-state index contributed by atoms with van der Waals surface area (Å²) >= 11 is 0. The normalized spacial score (nSPS) is 10.0. The Morgan fingerprint density at radius 1 is 1.55 bits per heavy atom. The first-order valence-corrected chi connectivity index (χ1v) is 5.66. The second-order valence-corrected chi connectivity index (χ2v) is 3.80. The average molecular weight is 273 g/mol. The van der Waals surface area contributed by atoms with Crippen molar-refractivity contribution in [3.63, 3.8) is 0 Å². The predicted molar refractivity (Wildman–Crippen MR) is 70.5 cm³/mol. The van der Waals surface area contributed by atoms with Crippen molar-refractivity contribution in [3.05, 3.63) is 59.2 Å². The van der Waals surface area contributed by atoms with Crippen molar-refractivity contribution in [1.82, 2.24) is 20.1 Å². The lowest BCUT2D eigenvalue weighted by Crippen LogP contribution is -2.23. The van der Waals surface area contributed by atoms with Gasteiger partial charge in [-0.2, -0.15) is 5.10 Å². The molecule has 8 heteroatoms. The van der Waals surface area contributed by atoms with Crippen molar-refractivity contribution in [2.75, 3.05) is 6.54 Å². The van der Waals surface area contributed by atoms with Gasteiger partial charge in [-0.25, -0.2) is 9.67 Å². The summed E-state index contributed by atoms with van der Waals surface area (Å²) in [6, 6.07) is 4.15. The zero-order valence-corrected chi connectivity index (χ0v) is 10.4. The molecule has 8 nitrogen and oxygen atoms in total. The number of amides is 1. The summed E-state index contributed by atoms with van der Waals surface area (Å²) in [5.41, 5.74) is 0.219. The first-order chi connectivity index (χ1) is 9.63. The van der Waals surface area contributed by atoms with Gasteiger partial charge in [0.25, 0.3) is 11.6 Å². The minimum atomic E-state index is -0.568. The molecule has 1 heterocycles. The van der Waals surface area contributed by atoms with Gasteiger partial charge >= 0.3 is 0 Å². The average Bonchev–Trinajstić information content (AvgIpc) is 2.98. The van der Waals surface area contributed by atoms with Gasteiger partial charge in [0.2, 0.25) is 0 Å². The molecule has 0 bridgehead atoms. The van der Waals surface area contributed by atoms with E-state index in [-0.39, 0.29) is 23.5 Å². The summed E-state index contributed by atoms with van der Waals surface area (Å²) in [6.07, 6.45) is 4.14. The van der Waals surface area contributed by atoms with E-state index in [2.05, 4.69) is 22.0 Å². The topological polar surface area (TPSA) is 103 Å². The van der Waals surface area contributed by atoms with E-state index in [1.165, 1.54) is 41.6 Å². The number of nitrogens with one attached hydrogen (secondary N) is 1. The van der Waals surface area contributed by atoms with Crippen LogP contribution in [0, 0.1) is 10.1 Å². The molecule has 0 aliphatic rings. The van der Waals surface area contributed by atoms with Crippen LogP contribution in [0.1, 0.15) is 10.4 Å². The molecule has 0 fully saturated rings. The lowest BCUT2D eigenvalue weighted by molar-refractivity contribution is -0.384. The Morgan fingerprint density at radius 2 is 2.35 bits per heavy atom. The summed E-state index contributed by atoms with van der Waals surface area (Å²) in [5.74, 6) is -0.404. The Hall–Kier alpha value is -3.03. The molecule has 1 N–H and O–H groups in total. The van der Waals surface area contributed by atoms with Crippen LogP contribution in [0.15, 0.2) is 43.5 Å². The maximum absolute atomic E-state index is 11.8. The molecular formula is C12H11N5O3. The number of hydrogen-bond donors (Lipinski definition) is 1. The van der Waals surface area contributed by atoms with Crippen molar-refractivity contribution in [1.29, 1.82) is 0 Å². The number of nitro groups is 1. The van der Waals surface area contributed by atoms with Crippen LogP contribution >= 0.6 is 0 Å². The SMILES string of the molecule is C=CCNC(=O)c1ccc(-n2cncn2)c([N+](=O)[O-])c1. The summed E-state index contributed by atoms with van der Waals surface area (Å²) in [5, 5.41) is 17.5. The van der Waals surface area contributed by atoms with Gasteiger partial charge in [0.15, 0.2) is 0 Å². The maximum Gasteiger partial charge on any atom is 0.295 e. The molecule has 0 aliphatic carbocycles. The summed E-state index contributed by atoms with van der Waals surface area (Å²) in [7, 11) is 0. The third-order valence-electron chi connectivity index (χ3n) is 2.51. The molecular weight excluding hydrogens is 262 g/mol. The third kappa shape index (κ3) is 2.69. The Labute approximate surface area is 113 Å². The van der Waals surface area contributed by atoms with Crippen LogP contribution in [-0.4, -0.2) is 32.1 Å². The van der Waals surface area contributed by atoms with E-state index in [0.29, 0.717) is 0 Å². The van der Waals surface area contributed by atoms with Crippen molar-refractivity contribution in [3.8, 4) is 5.69 Å². The Bertz CT molecular complexity index is 651. The first kappa shape index (κ1) is 13.4. The Morgan fingerprint density at radius 3 is 2.95 bits per heavy atom. The molecule has 20 heavy (non-hydrogen) atoms. The second-order valence-electron chi connectivity index (χ2n) is 3.80. The zero-order valence-electron chi connectivity index (χ0n) is 10.4. The van der Waals surface area contributed by atoms with E-state index < -0.39 is 10.8 Å². The second kappa shape index (κ2) is 5.74. The van der Waals surface area contributed by atoms with Crippen LogP contribution < -0.4 is 5.32 Å². The number of aromatic nitrogens is 3. The molecule has 2 aromatic rings. The predicted octanol–water partition coefficient (Wildman–Crippen LogP) is 1.09. The number of rotatable bonds is 5. The smallest absolute Gasteiger partial charge is 0.295 e. The number of nitro benzene ring substituents is 1.